The van der Waals surface area contributed by atoms with E-state index in [1.54, 1.807) is 32.0 Å². The van der Waals surface area contributed by atoms with Crippen LogP contribution < -0.4 is 15.8 Å². The molecule has 0 saturated heterocycles. The van der Waals surface area contributed by atoms with Crippen molar-refractivity contribution in [1.29, 1.82) is 0 Å². The van der Waals surface area contributed by atoms with Crippen molar-refractivity contribution in [3.63, 3.8) is 0 Å². The first-order valence-corrected chi connectivity index (χ1v) is 12.7. The van der Waals surface area contributed by atoms with Gasteiger partial charge >= 0.3 is 0 Å². The third-order valence-corrected chi connectivity index (χ3v) is 6.19. The maximum atomic E-state index is 13.0. The molecule has 2 aromatic carbocycles. The van der Waals surface area contributed by atoms with Gasteiger partial charge in [-0.05, 0) is 71.2 Å². The Morgan fingerprint density at radius 1 is 1.19 bits per heavy atom. The molecule has 0 spiro atoms. The number of amides is 2. The zero-order valence-corrected chi connectivity index (χ0v) is 22.7. The molecule has 2 amide bonds. The molecule has 8 nitrogen and oxygen atoms in total. The lowest BCUT2D eigenvalue weighted by atomic mass is 9.98. The SMILES string of the molecule is CC(C)Oc1ccc(C(=O)N[C@H](CCC(N)=O)Cc2ccc(C3=NC(C)C(C(C)(C)O)=N3)cc2)cc1Cl. The summed E-state index contributed by atoms with van der Waals surface area (Å²) in [7, 11) is 0. The lowest BCUT2D eigenvalue weighted by Crippen LogP contribution is -2.37. The third-order valence-electron chi connectivity index (χ3n) is 5.89. The second kappa shape index (κ2) is 11.9. The van der Waals surface area contributed by atoms with Gasteiger partial charge in [0.05, 0.1) is 28.5 Å². The number of halogens is 1. The number of nitrogens with zero attached hydrogens (tertiary/aromatic N) is 2. The molecule has 9 heteroatoms. The number of benzene rings is 2. The number of aliphatic imine (C=N–C) groups is 2. The molecule has 37 heavy (non-hydrogen) atoms. The number of rotatable bonds is 11. The first-order chi connectivity index (χ1) is 17.3. The first-order valence-electron chi connectivity index (χ1n) is 12.4. The van der Waals surface area contributed by atoms with E-state index in [9.17, 15) is 14.7 Å². The molecule has 1 heterocycles. The van der Waals surface area contributed by atoms with Crippen LogP contribution in [0.25, 0.3) is 0 Å². The Bertz CT molecular complexity index is 1200. The highest BCUT2D eigenvalue weighted by molar-refractivity contribution is 6.32. The number of carbonyl (C=O) groups is 2. The molecule has 3 rings (SSSR count). The van der Waals surface area contributed by atoms with E-state index in [-0.39, 0.29) is 30.5 Å². The van der Waals surface area contributed by atoms with Crippen molar-refractivity contribution in [3.8, 4) is 5.75 Å². The van der Waals surface area contributed by atoms with Gasteiger partial charge in [-0.2, -0.15) is 0 Å². The predicted molar refractivity (Wildman–Crippen MR) is 147 cm³/mol. The van der Waals surface area contributed by atoms with Crippen LogP contribution in [-0.4, -0.2) is 52.3 Å². The minimum Gasteiger partial charge on any atom is -0.489 e. The van der Waals surface area contributed by atoms with Crippen LogP contribution in [0.2, 0.25) is 5.02 Å². The smallest absolute Gasteiger partial charge is 0.251 e. The van der Waals surface area contributed by atoms with Crippen molar-refractivity contribution in [2.45, 2.75) is 77.7 Å². The van der Waals surface area contributed by atoms with Gasteiger partial charge in [0.1, 0.15) is 5.75 Å². The Morgan fingerprint density at radius 3 is 2.41 bits per heavy atom. The fourth-order valence-corrected chi connectivity index (χ4v) is 4.37. The number of hydrogen-bond donors (Lipinski definition) is 3. The zero-order valence-electron chi connectivity index (χ0n) is 21.9. The normalized spacial score (nSPS) is 16.3. The Labute approximate surface area is 223 Å². The first kappa shape index (κ1) is 28.3. The van der Waals surface area contributed by atoms with Crippen LogP contribution in [0.15, 0.2) is 52.4 Å². The molecule has 4 N–H and O–H groups in total. The molecule has 0 radical (unpaired) electrons. The monoisotopic (exact) mass is 526 g/mol. The molecule has 0 saturated carbocycles. The number of primary amides is 1. The summed E-state index contributed by atoms with van der Waals surface area (Å²) >= 11 is 6.30. The molecule has 2 aromatic rings. The zero-order chi connectivity index (χ0) is 27.3. The van der Waals surface area contributed by atoms with Gasteiger partial charge in [-0.25, -0.2) is 4.99 Å². The molecular weight excluding hydrogens is 492 g/mol. The molecule has 1 aliphatic rings. The third kappa shape index (κ3) is 7.87. The van der Waals surface area contributed by atoms with Gasteiger partial charge in [0.2, 0.25) is 5.91 Å². The van der Waals surface area contributed by atoms with E-state index < -0.39 is 11.5 Å². The Morgan fingerprint density at radius 2 is 1.86 bits per heavy atom. The molecule has 1 aliphatic heterocycles. The molecule has 198 valence electrons. The minimum absolute atomic E-state index is 0.0405. The second-order valence-corrected chi connectivity index (χ2v) is 10.5. The van der Waals surface area contributed by atoms with Gasteiger partial charge in [-0.15, -0.1) is 0 Å². The molecular formula is C28H35ClN4O4. The van der Waals surface area contributed by atoms with Crippen LogP contribution >= 0.6 is 11.6 Å². The molecule has 1 unspecified atom stereocenters. The summed E-state index contributed by atoms with van der Waals surface area (Å²) in [6.07, 6.45) is 1.01. The van der Waals surface area contributed by atoms with Gasteiger partial charge in [-0.3, -0.25) is 14.6 Å². The number of ether oxygens (including phenoxy) is 1. The Hall–Kier alpha value is -3.23. The van der Waals surface area contributed by atoms with E-state index in [4.69, 9.17) is 22.1 Å². The van der Waals surface area contributed by atoms with Gasteiger partial charge in [0.15, 0.2) is 5.84 Å². The maximum Gasteiger partial charge on any atom is 0.251 e. The number of hydrogen-bond acceptors (Lipinski definition) is 6. The van der Waals surface area contributed by atoms with Crippen molar-refractivity contribution < 1.29 is 19.4 Å². The molecule has 0 aromatic heterocycles. The molecule has 2 atom stereocenters. The highest BCUT2D eigenvalue weighted by Gasteiger charge is 2.31. The topological polar surface area (TPSA) is 126 Å². The number of aliphatic hydroxyl groups is 1. The van der Waals surface area contributed by atoms with Crippen LogP contribution in [0.5, 0.6) is 5.75 Å². The number of amidine groups is 1. The minimum atomic E-state index is -1.04. The Kier molecular flexibility index (Phi) is 9.10. The summed E-state index contributed by atoms with van der Waals surface area (Å²) in [5, 5.41) is 13.7. The van der Waals surface area contributed by atoms with Crippen molar-refractivity contribution in [1.82, 2.24) is 5.32 Å². The van der Waals surface area contributed by atoms with Crippen LogP contribution in [0.1, 0.15) is 68.9 Å². The summed E-state index contributed by atoms with van der Waals surface area (Å²) in [5.41, 5.74) is 7.16. The predicted octanol–water partition coefficient (Wildman–Crippen LogP) is 4.09. The van der Waals surface area contributed by atoms with Crippen molar-refractivity contribution in [2.24, 2.45) is 15.7 Å². The summed E-state index contributed by atoms with van der Waals surface area (Å²) < 4.78 is 5.64. The lowest BCUT2D eigenvalue weighted by Gasteiger charge is -2.19. The fourth-order valence-electron chi connectivity index (χ4n) is 4.14. The van der Waals surface area contributed by atoms with E-state index in [0.717, 1.165) is 11.1 Å². The van der Waals surface area contributed by atoms with E-state index in [2.05, 4.69) is 15.3 Å². The van der Waals surface area contributed by atoms with Gasteiger partial charge in [0, 0.05) is 23.6 Å². The largest absolute Gasteiger partial charge is 0.489 e. The highest BCUT2D eigenvalue weighted by atomic mass is 35.5. The highest BCUT2D eigenvalue weighted by Crippen LogP contribution is 2.27. The van der Waals surface area contributed by atoms with E-state index in [0.29, 0.717) is 40.7 Å². The number of carbonyl (C=O) groups excluding carboxylic acids is 2. The van der Waals surface area contributed by atoms with Crippen molar-refractivity contribution >= 4 is 35.0 Å². The fraction of sp³-hybridized carbons (Fsp3) is 0.429. The van der Waals surface area contributed by atoms with Gasteiger partial charge in [0.25, 0.3) is 5.91 Å². The van der Waals surface area contributed by atoms with Gasteiger partial charge < -0.3 is 20.9 Å². The standard InChI is InChI=1S/C28H35ClN4O4/c1-16(2)37-23-12-10-20(15-22(23)29)27(35)32-21(11-13-24(30)34)14-18-6-8-19(9-7-18)26-31-17(3)25(33-26)28(4,5)36/h6-10,12,15-17,21,36H,11,13-14H2,1-5H3,(H2,30,34)(H,32,35)/t17?,21-/m1/s1. The van der Waals surface area contributed by atoms with E-state index >= 15 is 0 Å². The van der Waals surface area contributed by atoms with Crippen LogP contribution in [0.3, 0.4) is 0 Å². The van der Waals surface area contributed by atoms with Crippen molar-refractivity contribution in [2.75, 3.05) is 0 Å². The summed E-state index contributed by atoms with van der Waals surface area (Å²) in [6.45, 7) is 9.10. The molecule has 0 aliphatic carbocycles. The van der Waals surface area contributed by atoms with Crippen molar-refractivity contribution in [3.05, 3.63) is 64.2 Å². The lowest BCUT2D eigenvalue weighted by molar-refractivity contribution is -0.118. The van der Waals surface area contributed by atoms with Gasteiger partial charge in [-0.1, -0.05) is 35.9 Å². The average molecular weight is 527 g/mol. The maximum absolute atomic E-state index is 13.0. The van der Waals surface area contributed by atoms with E-state index in [1.807, 2.05) is 45.0 Å². The molecule has 0 bridgehead atoms. The summed E-state index contributed by atoms with van der Waals surface area (Å²) in [6, 6.07) is 12.1. The van der Waals surface area contributed by atoms with E-state index in [1.165, 1.54) is 0 Å². The summed E-state index contributed by atoms with van der Waals surface area (Å²) in [5.74, 6) is 0.365. The number of nitrogens with two attached hydrogens (primary N) is 1. The average Bonchev–Trinajstić information content (AvgIpc) is 3.21. The van der Waals surface area contributed by atoms with Crippen LogP contribution in [-0.2, 0) is 11.2 Å². The summed E-state index contributed by atoms with van der Waals surface area (Å²) in [4.78, 5) is 33.5. The number of nitrogens with one attached hydrogen (secondary N) is 1. The molecule has 0 fully saturated rings. The second-order valence-electron chi connectivity index (χ2n) is 10.1. The van der Waals surface area contributed by atoms with Crippen LogP contribution in [0.4, 0.5) is 0 Å². The van der Waals surface area contributed by atoms with Crippen LogP contribution in [0, 0.1) is 0 Å². The quantitative estimate of drug-likeness (QED) is 0.407. The Balaban J connectivity index is 1.72.